The first-order valence-corrected chi connectivity index (χ1v) is 5.64. The number of aldehydes is 1. The zero-order valence-corrected chi connectivity index (χ0v) is 9.30. The van der Waals surface area contributed by atoms with E-state index in [4.69, 9.17) is 0 Å². The van der Waals surface area contributed by atoms with E-state index < -0.39 is 11.6 Å². The molecule has 0 radical (unpaired) electrons. The Morgan fingerprint density at radius 3 is 3.00 bits per heavy atom. The van der Waals surface area contributed by atoms with E-state index in [1.54, 1.807) is 0 Å². The number of carbonyl (C=O) groups is 1. The highest BCUT2D eigenvalue weighted by Crippen LogP contribution is 2.22. The summed E-state index contributed by atoms with van der Waals surface area (Å²) in [5.41, 5.74) is 0.00968. The molecular formula is C10H7F2N3OS. The molecule has 0 amide bonds. The van der Waals surface area contributed by atoms with Gasteiger partial charge in [0.2, 0.25) is 5.16 Å². The van der Waals surface area contributed by atoms with Gasteiger partial charge in [-0.25, -0.2) is 13.8 Å². The van der Waals surface area contributed by atoms with Gasteiger partial charge in [0.1, 0.15) is 6.29 Å². The second kappa shape index (κ2) is 5.05. The van der Waals surface area contributed by atoms with Gasteiger partial charge in [0.15, 0.2) is 17.5 Å². The molecule has 0 bridgehead atoms. The van der Waals surface area contributed by atoms with E-state index in [1.807, 2.05) is 0 Å². The number of hydrogen-bond donors (Lipinski definition) is 1. The van der Waals surface area contributed by atoms with Crippen LogP contribution in [0.4, 0.5) is 8.78 Å². The van der Waals surface area contributed by atoms with Crippen molar-refractivity contribution in [1.29, 1.82) is 0 Å². The number of carbonyl (C=O) groups excluding carboxylic acids is 1. The topological polar surface area (TPSA) is 58.6 Å². The Labute approximate surface area is 99.5 Å². The number of rotatable bonds is 4. The Hall–Kier alpha value is -1.76. The zero-order chi connectivity index (χ0) is 12.3. The largest absolute Gasteiger partial charge is 0.302 e. The minimum Gasteiger partial charge on any atom is -0.302 e. The lowest BCUT2D eigenvalue weighted by Crippen LogP contribution is -1.90. The summed E-state index contributed by atoms with van der Waals surface area (Å²) >= 11 is 1.11. The Bertz CT molecular complexity index is 544. The highest BCUT2D eigenvalue weighted by molar-refractivity contribution is 7.99. The molecule has 1 aromatic heterocycles. The lowest BCUT2D eigenvalue weighted by Gasteiger charge is -1.98. The second-order valence-electron chi connectivity index (χ2n) is 3.05. The highest BCUT2D eigenvalue weighted by Gasteiger charge is 2.13. The van der Waals surface area contributed by atoms with E-state index in [0.29, 0.717) is 11.4 Å². The highest BCUT2D eigenvalue weighted by atomic mass is 32.2. The Morgan fingerprint density at radius 1 is 1.41 bits per heavy atom. The number of aromatic nitrogens is 3. The van der Waals surface area contributed by atoms with Crippen LogP contribution in [0.15, 0.2) is 23.4 Å². The number of halogens is 2. The van der Waals surface area contributed by atoms with Gasteiger partial charge < -0.3 is 4.79 Å². The molecule has 0 saturated carbocycles. The summed E-state index contributed by atoms with van der Waals surface area (Å²) in [7, 11) is 0. The second-order valence-corrected chi connectivity index (χ2v) is 4.03. The summed E-state index contributed by atoms with van der Waals surface area (Å²) in [4.78, 5) is 14.1. The van der Waals surface area contributed by atoms with Crippen molar-refractivity contribution in [3.8, 4) is 11.4 Å². The predicted octanol–water partition coefficient (Wildman–Crippen LogP) is 2.04. The van der Waals surface area contributed by atoms with Crippen molar-refractivity contribution in [2.24, 2.45) is 0 Å². The van der Waals surface area contributed by atoms with Crippen molar-refractivity contribution >= 4 is 18.0 Å². The molecule has 1 N–H and O–H groups in total. The SMILES string of the molecule is O=CCSc1n[nH]c(-c2cccc(F)c2F)n1. The van der Waals surface area contributed by atoms with E-state index in [2.05, 4.69) is 15.2 Å². The smallest absolute Gasteiger partial charge is 0.209 e. The molecule has 1 heterocycles. The third-order valence-corrected chi connectivity index (χ3v) is 2.70. The van der Waals surface area contributed by atoms with Crippen LogP contribution in [0.2, 0.25) is 0 Å². The standard InChI is InChI=1S/C10H7F2N3OS/c11-7-3-1-2-6(8(7)12)9-13-10(15-14-9)17-5-4-16/h1-4H,5H2,(H,13,14,15). The predicted molar refractivity (Wildman–Crippen MR) is 58.5 cm³/mol. The molecule has 0 unspecified atom stereocenters. The average Bonchev–Trinajstić information content (AvgIpc) is 2.78. The van der Waals surface area contributed by atoms with Crippen molar-refractivity contribution in [2.45, 2.75) is 5.16 Å². The molecule has 1 aromatic carbocycles. The van der Waals surface area contributed by atoms with Crippen molar-refractivity contribution in [3.05, 3.63) is 29.8 Å². The molecule has 0 atom stereocenters. The number of aromatic amines is 1. The third-order valence-electron chi connectivity index (χ3n) is 1.95. The maximum Gasteiger partial charge on any atom is 0.209 e. The number of hydrogen-bond acceptors (Lipinski definition) is 4. The monoisotopic (exact) mass is 255 g/mol. The van der Waals surface area contributed by atoms with Crippen molar-refractivity contribution in [2.75, 3.05) is 5.75 Å². The maximum atomic E-state index is 13.4. The van der Waals surface area contributed by atoms with Gasteiger partial charge in [0.05, 0.1) is 11.3 Å². The van der Waals surface area contributed by atoms with E-state index in [-0.39, 0.29) is 17.1 Å². The van der Waals surface area contributed by atoms with Gasteiger partial charge >= 0.3 is 0 Å². The van der Waals surface area contributed by atoms with Crippen LogP contribution in [0.25, 0.3) is 11.4 Å². The Kier molecular flexibility index (Phi) is 3.48. The van der Waals surface area contributed by atoms with E-state index in [9.17, 15) is 13.6 Å². The van der Waals surface area contributed by atoms with Crippen molar-refractivity contribution in [1.82, 2.24) is 15.2 Å². The summed E-state index contributed by atoms with van der Waals surface area (Å²) in [6, 6.07) is 3.80. The number of nitrogens with zero attached hydrogens (tertiary/aromatic N) is 2. The van der Waals surface area contributed by atoms with Gasteiger partial charge in [-0.15, -0.1) is 5.10 Å². The fourth-order valence-corrected chi connectivity index (χ4v) is 1.71. The van der Waals surface area contributed by atoms with Crippen molar-refractivity contribution in [3.63, 3.8) is 0 Å². The Balaban J connectivity index is 2.30. The summed E-state index contributed by atoms with van der Waals surface area (Å²) in [6.07, 6.45) is 0.712. The third kappa shape index (κ3) is 2.50. The summed E-state index contributed by atoms with van der Waals surface area (Å²) in [5, 5.41) is 6.59. The molecule has 0 fully saturated rings. The quantitative estimate of drug-likeness (QED) is 0.671. The molecule has 2 rings (SSSR count). The van der Waals surface area contributed by atoms with E-state index in [0.717, 1.165) is 17.8 Å². The normalized spacial score (nSPS) is 10.5. The fraction of sp³-hybridized carbons (Fsp3) is 0.100. The van der Waals surface area contributed by atoms with Crippen LogP contribution in [0.1, 0.15) is 0 Å². The average molecular weight is 255 g/mol. The molecule has 0 saturated heterocycles. The number of thioether (sulfide) groups is 1. The summed E-state index contributed by atoms with van der Waals surface area (Å²) < 4.78 is 26.4. The first-order valence-electron chi connectivity index (χ1n) is 4.65. The van der Waals surface area contributed by atoms with Gasteiger partial charge in [-0.3, -0.25) is 5.10 Å². The molecule has 2 aromatic rings. The molecule has 88 valence electrons. The van der Waals surface area contributed by atoms with Crippen LogP contribution < -0.4 is 0 Å². The molecule has 7 heteroatoms. The van der Waals surface area contributed by atoms with E-state index >= 15 is 0 Å². The van der Waals surface area contributed by atoms with Crippen LogP contribution in [0.5, 0.6) is 0 Å². The first kappa shape index (κ1) is 11.7. The maximum absolute atomic E-state index is 13.4. The van der Waals surface area contributed by atoms with Crippen LogP contribution in [-0.2, 0) is 4.79 Å². The summed E-state index contributed by atoms with van der Waals surface area (Å²) in [6.45, 7) is 0. The molecule has 0 aliphatic heterocycles. The molecule has 0 aliphatic rings. The Morgan fingerprint density at radius 2 is 2.24 bits per heavy atom. The fourth-order valence-electron chi connectivity index (χ4n) is 1.23. The van der Waals surface area contributed by atoms with Crippen LogP contribution in [-0.4, -0.2) is 27.2 Å². The van der Waals surface area contributed by atoms with Gasteiger partial charge in [-0.2, -0.15) is 0 Å². The summed E-state index contributed by atoms with van der Waals surface area (Å²) in [5.74, 6) is -1.57. The van der Waals surface area contributed by atoms with Crippen LogP contribution in [0.3, 0.4) is 0 Å². The van der Waals surface area contributed by atoms with Crippen molar-refractivity contribution < 1.29 is 13.6 Å². The van der Waals surface area contributed by atoms with Gasteiger partial charge in [-0.1, -0.05) is 17.8 Å². The number of benzene rings is 1. The number of H-pyrrole nitrogens is 1. The molecule has 17 heavy (non-hydrogen) atoms. The minimum absolute atomic E-state index is 0.00968. The lowest BCUT2D eigenvalue weighted by molar-refractivity contribution is -0.105. The van der Waals surface area contributed by atoms with E-state index in [1.165, 1.54) is 12.1 Å². The lowest BCUT2D eigenvalue weighted by atomic mass is 10.2. The van der Waals surface area contributed by atoms with Crippen LogP contribution in [0, 0.1) is 11.6 Å². The first-order chi connectivity index (χ1) is 8.22. The zero-order valence-electron chi connectivity index (χ0n) is 8.48. The minimum atomic E-state index is -0.976. The van der Waals surface area contributed by atoms with Crippen LogP contribution >= 0.6 is 11.8 Å². The van der Waals surface area contributed by atoms with Gasteiger partial charge in [0.25, 0.3) is 0 Å². The van der Waals surface area contributed by atoms with Gasteiger partial charge in [-0.05, 0) is 12.1 Å². The molecule has 4 nitrogen and oxygen atoms in total. The molecule has 0 spiro atoms. The molecule has 0 aliphatic carbocycles. The number of nitrogens with one attached hydrogen (secondary N) is 1. The van der Waals surface area contributed by atoms with Gasteiger partial charge in [0, 0.05) is 0 Å². The molecular weight excluding hydrogens is 248 g/mol.